The van der Waals surface area contributed by atoms with Gasteiger partial charge in [-0.2, -0.15) is 0 Å². The zero-order chi connectivity index (χ0) is 9.90. The monoisotopic (exact) mass is 216 g/mol. The van der Waals surface area contributed by atoms with E-state index in [0.29, 0.717) is 5.69 Å². The molecule has 0 fully saturated rings. The number of sulfonamides is 1. The van der Waals surface area contributed by atoms with Gasteiger partial charge in [-0.25, -0.2) is 8.42 Å². The predicted octanol–water partition coefficient (Wildman–Crippen LogP) is 1.94. The van der Waals surface area contributed by atoms with Crippen LogP contribution in [0.15, 0.2) is 29.2 Å². The minimum atomic E-state index is -3.17. The molecular weight excluding hydrogens is 206 g/mol. The molecule has 0 aliphatic rings. The molecule has 0 bridgehead atoms. The molecule has 0 saturated carbocycles. The van der Waals surface area contributed by atoms with E-state index in [0.717, 1.165) is 11.2 Å². The van der Waals surface area contributed by atoms with E-state index in [2.05, 4.69) is 11.0 Å². The highest BCUT2D eigenvalue weighted by Gasteiger charge is 2.00. The highest BCUT2D eigenvalue weighted by Crippen LogP contribution is 2.18. The first-order chi connectivity index (χ1) is 6.01. The van der Waals surface area contributed by atoms with E-state index in [-0.39, 0.29) is 0 Å². The minimum Gasteiger partial charge on any atom is -0.284 e. The fourth-order valence-electron chi connectivity index (χ4n) is 0.833. The summed E-state index contributed by atoms with van der Waals surface area (Å²) in [6, 6.07) is 7.03. The molecule has 1 aromatic carbocycles. The largest absolute Gasteiger partial charge is 0.284 e. The lowest BCUT2D eigenvalue weighted by Gasteiger charge is -2.03. The second-order valence-corrected chi connectivity index (χ2v) is 5.05. The van der Waals surface area contributed by atoms with Crippen molar-refractivity contribution in [3.8, 4) is 0 Å². The molecule has 0 heterocycles. The van der Waals surface area contributed by atoms with Crippen molar-refractivity contribution in [3.05, 3.63) is 30.5 Å². The van der Waals surface area contributed by atoms with Gasteiger partial charge in [-0.05, 0) is 24.3 Å². The molecule has 0 aliphatic heterocycles. The third-order valence-corrected chi connectivity index (χ3v) is 2.54. The first-order valence-corrected chi connectivity index (χ1v) is 6.39. The Morgan fingerprint density at radius 2 is 1.85 bits per heavy atom. The first kappa shape index (κ1) is 10.4. The van der Waals surface area contributed by atoms with Crippen LogP contribution in [0.1, 0.15) is 0 Å². The molecule has 0 aromatic heterocycles. The molecule has 1 N–H and O–H groups in total. The average molecular weight is 216 g/mol. The van der Waals surface area contributed by atoms with Gasteiger partial charge in [0.2, 0.25) is 10.0 Å². The van der Waals surface area contributed by atoms with Gasteiger partial charge in [-0.1, -0.05) is 0 Å². The summed E-state index contributed by atoms with van der Waals surface area (Å²) in [7, 11) is -3.17. The van der Waals surface area contributed by atoms with Crippen molar-refractivity contribution < 1.29 is 8.42 Å². The van der Waals surface area contributed by atoms with Crippen LogP contribution in [0.25, 0.3) is 0 Å². The molecule has 0 spiro atoms. The van der Waals surface area contributed by atoms with E-state index in [1.807, 2.05) is 12.1 Å². The van der Waals surface area contributed by atoms with Crippen LogP contribution in [0.4, 0.5) is 5.69 Å². The molecule has 0 unspecified atom stereocenters. The number of hydrogen-bond acceptors (Lipinski definition) is 3. The Labute approximate surface area is 82.6 Å². The van der Waals surface area contributed by atoms with Crippen molar-refractivity contribution in [2.75, 3.05) is 11.0 Å². The molecule has 1 radical (unpaired) electrons. The summed E-state index contributed by atoms with van der Waals surface area (Å²) in [5, 5.41) is 0. The van der Waals surface area contributed by atoms with Crippen LogP contribution < -0.4 is 4.72 Å². The zero-order valence-corrected chi connectivity index (χ0v) is 8.78. The van der Waals surface area contributed by atoms with Gasteiger partial charge in [-0.15, -0.1) is 11.8 Å². The van der Waals surface area contributed by atoms with Crippen LogP contribution in [0.5, 0.6) is 0 Å². The molecule has 71 valence electrons. The van der Waals surface area contributed by atoms with E-state index in [1.54, 1.807) is 12.1 Å². The summed E-state index contributed by atoms with van der Waals surface area (Å²) < 4.78 is 24.0. The Morgan fingerprint density at radius 3 is 2.23 bits per heavy atom. The quantitative estimate of drug-likeness (QED) is 0.785. The van der Waals surface area contributed by atoms with Gasteiger partial charge in [-0.3, -0.25) is 4.72 Å². The fraction of sp³-hybridized carbons (Fsp3) is 0.125. The molecule has 13 heavy (non-hydrogen) atoms. The second kappa shape index (κ2) is 4.02. The maximum Gasteiger partial charge on any atom is 0.229 e. The Bertz CT molecular complexity index is 370. The summed E-state index contributed by atoms with van der Waals surface area (Å²) >= 11 is 1.37. The molecule has 0 amide bonds. The predicted molar refractivity (Wildman–Crippen MR) is 56.1 cm³/mol. The van der Waals surface area contributed by atoms with Crippen molar-refractivity contribution in [1.29, 1.82) is 0 Å². The van der Waals surface area contributed by atoms with E-state index in [4.69, 9.17) is 0 Å². The van der Waals surface area contributed by atoms with Crippen molar-refractivity contribution in [3.63, 3.8) is 0 Å². The Balaban J connectivity index is 2.81. The number of anilines is 1. The Hall–Kier alpha value is -0.680. The van der Waals surface area contributed by atoms with Crippen LogP contribution in [-0.2, 0) is 10.0 Å². The van der Waals surface area contributed by atoms with Crippen molar-refractivity contribution in [2.45, 2.75) is 4.90 Å². The lowest BCUT2D eigenvalue weighted by atomic mass is 10.3. The van der Waals surface area contributed by atoms with Gasteiger partial charge in [0.25, 0.3) is 0 Å². The molecular formula is C8H10NO2S2. The Morgan fingerprint density at radius 1 is 1.31 bits per heavy atom. The van der Waals surface area contributed by atoms with Crippen molar-refractivity contribution >= 4 is 27.5 Å². The lowest BCUT2D eigenvalue weighted by molar-refractivity contribution is 0.607. The molecule has 0 saturated heterocycles. The fourth-order valence-corrected chi connectivity index (χ4v) is 1.73. The molecule has 3 nitrogen and oxygen atoms in total. The van der Waals surface area contributed by atoms with E-state index in [9.17, 15) is 8.42 Å². The highest BCUT2D eigenvalue weighted by molar-refractivity contribution is 8.00. The van der Waals surface area contributed by atoms with Crippen LogP contribution in [0.3, 0.4) is 0 Å². The molecule has 0 aliphatic carbocycles. The minimum absolute atomic E-state index is 0.570. The van der Waals surface area contributed by atoms with Gasteiger partial charge in [0.1, 0.15) is 0 Å². The lowest BCUT2D eigenvalue weighted by Crippen LogP contribution is -2.09. The summed E-state index contributed by atoms with van der Waals surface area (Å²) in [6.45, 7) is 0. The molecule has 1 rings (SSSR count). The van der Waals surface area contributed by atoms with Gasteiger partial charge in [0, 0.05) is 16.8 Å². The zero-order valence-electron chi connectivity index (χ0n) is 7.15. The molecule has 1 aromatic rings. The second-order valence-electron chi connectivity index (χ2n) is 2.54. The number of thioether (sulfide) groups is 1. The third-order valence-electron chi connectivity index (χ3n) is 1.32. The maximum absolute atomic E-state index is 10.8. The smallest absolute Gasteiger partial charge is 0.229 e. The average Bonchev–Trinajstić information content (AvgIpc) is 2.03. The van der Waals surface area contributed by atoms with E-state index in [1.165, 1.54) is 11.8 Å². The number of benzene rings is 1. The maximum atomic E-state index is 10.8. The summed E-state index contributed by atoms with van der Waals surface area (Å²) in [5.74, 6) is 0. The van der Waals surface area contributed by atoms with Crippen LogP contribution >= 0.6 is 11.8 Å². The summed E-state index contributed by atoms with van der Waals surface area (Å²) in [6.07, 6.45) is 4.76. The van der Waals surface area contributed by atoms with Crippen LogP contribution in [-0.4, -0.2) is 14.7 Å². The highest BCUT2D eigenvalue weighted by atomic mass is 32.2. The van der Waals surface area contributed by atoms with Gasteiger partial charge < -0.3 is 0 Å². The van der Waals surface area contributed by atoms with Crippen molar-refractivity contribution in [1.82, 2.24) is 0 Å². The van der Waals surface area contributed by atoms with Crippen LogP contribution in [0, 0.1) is 6.26 Å². The van der Waals surface area contributed by atoms with Gasteiger partial charge in [0.15, 0.2) is 0 Å². The first-order valence-electron chi connectivity index (χ1n) is 3.51. The Kier molecular flexibility index (Phi) is 3.22. The SMILES string of the molecule is [CH2]Sc1ccc(NS(C)(=O)=O)cc1. The topological polar surface area (TPSA) is 46.2 Å². The molecule has 0 atom stereocenters. The summed E-state index contributed by atoms with van der Waals surface area (Å²) in [5.41, 5.74) is 0.570. The van der Waals surface area contributed by atoms with Crippen LogP contribution in [0.2, 0.25) is 0 Å². The summed E-state index contributed by atoms with van der Waals surface area (Å²) in [4.78, 5) is 0.999. The van der Waals surface area contributed by atoms with Gasteiger partial charge >= 0.3 is 0 Å². The third kappa shape index (κ3) is 3.69. The van der Waals surface area contributed by atoms with Crippen molar-refractivity contribution in [2.24, 2.45) is 0 Å². The number of rotatable bonds is 3. The number of hydrogen-bond donors (Lipinski definition) is 1. The normalized spacial score (nSPS) is 11.2. The van der Waals surface area contributed by atoms with Gasteiger partial charge in [0.05, 0.1) is 6.26 Å². The number of nitrogens with one attached hydrogen (secondary N) is 1. The van der Waals surface area contributed by atoms with E-state index < -0.39 is 10.0 Å². The van der Waals surface area contributed by atoms with E-state index >= 15 is 0 Å². The standard InChI is InChI=1S/C8H10NO2S2/c1-12-8-5-3-7(4-6-8)9-13(2,10)11/h3-6,9H,1H2,2H3. The molecule has 5 heteroatoms.